The van der Waals surface area contributed by atoms with Crippen LogP contribution in [0.25, 0.3) is 10.8 Å². The van der Waals surface area contributed by atoms with Gasteiger partial charge in [-0.2, -0.15) is 5.26 Å². The molecular formula is C35H45BrN4O4. The number of ether oxygens (including phenoxy) is 1. The van der Waals surface area contributed by atoms with E-state index in [0.717, 1.165) is 12.8 Å². The normalized spacial score (nSPS) is 11.3. The maximum absolute atomic E-state index is 11.2. The summed E-state index contributed by atoms with van der Waals surface area (Å²) in [6.45, 7) is 2.74. The summed E-state index contributed by atoms with van der Waals surface area (Å²) < 4.78 is 6.37. The van der Waals surface area contributed by atoms with E-state index in [9.17, 15) is 20.5 Å². The number of phenolic OH excluding ortho intramolecular Hbond substituents is 1. The van der Waals surface area contributed by atoms with Crippen LogP contribution in [0.5, 0.6) is 11.5 Å². The number of fused-ring (bicyclic) bond motifs is 1. The van der Waals surface area contributed by atoms with Gasteiger partial charge in [-0.15, -0.1) is 10.2 Å². The first kappa shape index (κ1) is 35.0. The fourth-order valence-electron chi connectivity index (χ4n) is 5.34. The Hall–Kier alpha value is -3.51. The molecule has 0 fully saturated rings. The Kier molecular flexibility index (Phi) is 15.7. The Bertz CT molecular complexity index is 1420. The van der Waals surface area contributed by atoms with Gasteiger partial charge in [-0.25, -0.2) is 0 Å². The molecule has 0 aliphatic heterocycles. The number of halogens is 1. The Morgan fingerprint density at radius 3 is 1.89 bits per heavy atom. The first-order valence-corrected chi connectivity index (χ1v) is 16.9. The quantitative estimate of drug-likeness (QED) is 0.0525. The van der Waals surface area contributed by atoms with Gasteiger partial charge in [0.05, 0.1) is 21.6 Å². The average Bonchev–Trinajstić information content (AvgIpc) is 3.02. The molecule has 0 bridgehead atoms. The number of non-ortho nitro benzene ring substituents is 1. The van der Waals surface area contributed by atoms with E-state index in [-0.39, 0.29) is 27.2 Å². The molecular weight excluding hydrogens is 620 g/mol. The summed E-state index contributed by atoms with van der Waals surface area (Å²) >= 11 is 3.29. The molecule has 0 saturated carbocycles. The lowest BCUT2D eigenvalue weighted by Crippen LogP contribution is -1.98. The second-order valence-electron chi connectivity index (χ2n) is 11.3. The van der Waals surface area contributed by atoms with Gasteiger partial charge in [-0.1, -0.05) is 128 Å². The lowest BCUT2D eigenvalue weighted by atomic mass is 10.0. The van der Waals surface area contributed by atoms with Crippen LogP contribution in [0.1, 0.15) is 115 Å². The van der Waals surface area contributed by atoms with E-state index < -0.39 is 4.92 Å². The van der Waals surface area contributed by atoms with Gasteiger partial charge in [0.1, 0.15) is 23.2 Å². The number of azo groups is 1. The van der Waals surface area contributed by atoms with Crippen molar-refractivity contribution in [3.8, 4) is 17.6 Å². The molecule has 9 heteroatoms. The number of benzene rings is 3. The Morgan fingerprint density at radius 2 is 1.34 bits per heavy atom. The third-order valence-corrected chi connectivity index (χ3v) is 8.45. The summed E-state index contributed by atoms with van der Waals surface area (Å²) in [5.41, 5.74) is 0.405. The number of rotatable bonds is 21. The molecule has 0 aliphatic carbocycles. The van der Waals surface area contributed by atoms with Crippen molar-refractivity contribution in [3.05, 3.63) is 62.6 Å². The van der Waals surface area contributed by atoms with Gasteiger partial charge >= 0.3 is 0 Å². The smallest absolute Gasteiger partial charge is 0.272 e. The number of nitriles is 1. The van der Waals surface area contributed by atoms with E-state index >= 15 is 0 Å². The number of hydrogen-bond donors (Lipinski definition) is 1. The monoisotopic (exact) mass is 664 g/mol. The molecule has 1 N–H and O–H groups in total. The molecule has 3 aromatic rings. The largest absolute Gasteiger partial charge is 0.507 e. The van der Waals surface area contributed by atoms with Crippen molar-refractivity contribution >= 4 is 43.8 Å². The predicted octanol–water partition coefficient (Wildman–Crippen LogP) is 12.1. The second-order valence-corrected chi connectivity index (χ2v) is 12.2. The molecule has 0 heterocycles. The minimum absolute atomic E-state index is 0.0218. The number of nitro benzene ring substituents is 1. The topological polar surface area (TPSA) is 121 Å². The Balaban J connectivity index is 1.48. The highest BCUT2D eigenvalue weighted by Gasteiger charge is 2.17. The number of hydrogen-bond acceptors (Lipinski definition) is 7. The van der Waals surface area contributed by atoms with E-state index in [1.165, 1.54) is 102 Å². The molecule has 0 radical (unpaired) electrons. The van der Waals surface area contributed by atoms with Gasteiger partial charge in [-0.3, -0.25) is 10.1 Å². The van der Waals surface area contributed by atoms with Crippen LogP contribution in [0, 0.1) is 21.4 Å². The average molecular weight is 666 g/mol. The van der Waals surface area contributed by atoms with E-state index in [1.54, 1.807) is 12.1 Å². The minimum Gasteiger partial charge on any atom is -0.507 e. The molecule has 3 rings (SSSR count). The van der Waals surface area contributed by atoms with Gasteiger partial charge in [0, 0.05) is 29.0 Å². The van der Waals surface area contributed by atoms with Crippen molar-refractivity contribution < 1.29 is 14.8 Å². The maximum atomic E-state index is 11.2. The molecule has 8 nitrogen and oxygen atoms in total. The molecule has 0 saturated heterocycles. The zero-order valence-electron chi connectivity index (χ0n) is 25.9. The van der Waals surface area contributed by atoms with Crippen LogP contribution in [-0.4, -0.2) is 16.6 Å². The fraction of sp³-hybridized carbons (Fsp3) is 0.514. The van der Waals surface area contributed by atoms with Crippen molar-refractivity contribution in [2.75, 3.05) is 6.61 Å². The summed E-state index contributed by atoms with van der Waals surface area (Å²) in [6, 6.07) is 13.2. The Labute approximate surface area is 269 Å². The number of phenols is 1. The molecule has 0 unspecified atom stereocenters. The molecule has 44 heavy (non-hydrogen) atoms. The van der Waals surface area contributed by atoms with Gasteiger partial charge in [0.2, 0.25) is 0 Å². The Morgan fingerprint density at radius 1 is 0.818 bits per heavy atom. The van der Waals surface area contributed by atoms with Crippen LogP contribution in [0.4, 0.5) is 17.1 Å². The highest BCUT2D eigenvalue weighted by Crippen LogP contribution is 2.43. The lowest BCUT2D eigenvalue weighted by molar-refractivity contribution is -0.384. The van der Waals surface area contributed by atoms with Crippen LogP contribution in [0.3, 0.4) is 0 Å². The molecule has 0 atom stereocenters. The number of nitrogens with zero attached hydrogens (tertiary/aromatic N) is 4. The third-order valence-electron chi connectivity index (χ3n) is 7.84. The number of unbranched alkanes of at least 4 members (excludes halogenated alkanes) is 15. The summed E-state index contributed by atoms with van der Waals surface area (Å²) in [7, 11) is 0. The summed E-state index contributed by atoms with van der Waals surface area (Å²) in [6.07, 6.45) is 20.7. The van der Waals surface area contributed by atoms with E-state index in [1.807, 2.05) is 24.3 Å². The molecule has 3 aromatic carbocycles. The van der Waals surface area contributed by atoms with Crippen molar-refractivity contribution in [1.82, 2.24) is 0 Å². The molecule has 236 valence electrons. The number of nitro groups is 1. The van der Waals surface area contributed by atoms with Crippen LogP contribution in [0.15, 0.2) is 57.2 Å². The highest BCUT2D eigenvalue weighted by atomic mass is 79.9. The van der Waals surface area contributed by atoms with Gasteiger partial charge in [0.25, 0.3) is 5.69 Å². The molecule has 0 amide bonds. The molecule has 0 spiro atoms. The van der Waals surface area contributed by atoms with Crippen molar-refractivity contribution in [1.29, 1.82) is 5.26 Å². The van der Waals surface area contributed by atoms with E-state index in [2.05, 4.69) is 33.1 Å². The summed E-state index contributed by atoms with van der Waals surface area (Å²) in [4.78, 5) is 10.6. The standard InChI is InChI=1S/C35H45BrN4O4/c1-2-3-4-5-6-7-8-9-10-11-12-13-14-15-16-19-22-44-33-25-32(41)29-20-17-18-21-30(29)35(33)39-38-34-27(26-37)23-28(40(42)43)24-31(34)36/h17-18,20-21,23-25,41H,2-16,19,22H2,1H3. The zero-order valence-corrected chi connectivity index (χ0v) is 27.5. The van der Waals surface area contributed by atoms with Gasteiger partial charge < -0.3 is 9.84 Å². The molecule has 0 aromatic heterocycles. The lowest BCUT2D eigenvalue weighted by Gasteiger charge is -2.12. The summed E-state index contributed by atoms with van der Waals surface area (Å²) in [5.74, 6) is 0.471. The van der Waals surface area contributed by atoms with Crippen LogP contribution >= 0.6 is 15.9 Å². The van der Waals surface area contributed by atoms with Crippen LogP contribution in [-0.2, 0) is 0 Å². The summed E-state index contributed by atoms with van der Waals surface area (Å²) in [5, 5.41) is 41.4. The van der Waals surface area contributed by atoms with Crippen molar-refractivity contribution in [2.24, 2.45) is 10.2 Å². The van der Waals surface area contributed by atoms with E-state index in [4.69, 9.17) is 4.74 Å². The number of aromatic hydroxyl groups is 1. The zero-order chi connectivity index (χ0) is 31.6. The van der Waals surface area contributed by atoms with Gasteiger partial charge in [-0.05, 0) is 22.4 Å². The SMILES string of the molecule is CCCCCCCCCCCCCCCCCCOc1cc(O)c2ccccc2c1N=Nc1c(Br)cc([N+](=O)[O-])cc1C#N. The van der Waals surface area contributed by atoms with Crippen molar-refractivity contribution in [3.63, 3.8) is 0 Å². The van der Waals surface area contributed by atoms with Crippen LogP contribution < -0.4 is 4.74 Å². The highest BCUT2D eigenvalue weighted by molar-refractivity contribution is 9.10. The van der Waals surface area contributed by atoms with Crippen LogP contribution in [0.2, 0.25) is 0 Å². The van der Waals surface area contributed by atoms with Crippen molar-refractivity contribution in [2.45, 2.75) is 110 Å². The van der Waals surface area contributed by atoms with Gasteiger partial charge in [0.15, 0.2) is 5.75 Å². The predicted molar refractivity (Wildman–Crippen MR) is 180 cm³/mol. The maximum Gasteiger partial charge on any atom is 0.272 e. The fourth-order valence-corrected chi connectivity index (χ4v) is 5.87. The minimum atomic E-state index is -0.565. The second kappa shape index (κ2) is 19.7. The first-order chi connectivity index (χ1) is 21.5. The van der Waals surface area contributed by atoms with E-state index in [0.29, 0.717) is 28.8 Å². The first-order valence-electron chi connectivity index (χ1n) is 16.1. The third kappa shape index (κ3) is 11.2. The molecule has 0 aliphatic rings.